The average Bonchev–Trinajstić information content (AvgIpc) is 2.90. The summed E-state index contributed by atoms with van der Waals surface area (Å²) in [7, 11) is 5.81. The average molecular weight is 292 g/mol. The maximum atomic E-state index is 8.95. The minimum absolute atomic E-state index is 0.110. The van der Waals surface area contributed by atoms with Gasteiger partial charge in [-0.3, -0.25) is 0 Å². The Hall–Kier alpha value is -1.95. The summed E-state index contributed by atoms with van der Waals surface area (Å²) in [5.41, 5.74) is 7.40. The van der Waals surface area contributed by atoms with Gasteiger partial charge in [0.15, 0.2) is 5.84 Å². The Kier molecular flexibility index (Phi) is 4.90. The second-order valence-corrected chi connectivity index (χ2v) is 5.53. The summed E-state index contributed by atoms with van der Waals surface area (Å²) in [6.45, 7) is 2.04. The monoisotopic (exact) mass is 292 g/mol. The summed E-state index contributed by atoms with van der Waals surface area (Å²) in [5.74, 6) is 0.866. The van der Waals surface area contributed by atoms with E-state index in [-0.39, 0.29) is 5.84 Å². The van der Waals surface area contributed by atoms with E-state index in [9.17, 15) is 0 Å². The van der Waals surface area contributed by atoms with Crippen molar-refractivity contribution in [3.8, 4) is 5.75 Å². The van der Waals surface area contributed by atoms with E-state index in [0.29, 0.717) is 11.6 Å². The van der Waals surface area contributed by atoms with Gasteiger partial charge in [-0.25, -0.2) is 0 Å². The summed E-state index contributed by atoms with van der Waals surface area (Å²) >= 11 is 0. The molecule has 1 unspecified atom stereocenters. The van der Waals surface area contributed by atoms with E-state index in [2.05, 4.69) is 22.0 Å². The maximum absolute atomic E-state index is 8.95. The van der Waals surface area contributed by atoms with Gasteiger partial charge in [0, 0.05) is 31.3 Å². The van der Waals surface area contributed by atoms with Gasteiger partial charge < -0.3 is 25.5 Å². The largest absolute Gasteiger partial charge is 0.497 e. The molecule has 1 aromatic carbocycles. The number of hydrogen-bond acceptors (Lipinski definition) is 5. The number of ether oxygens (including phenoxy) is 1. The third-order valence-electron chi connectivity index (χ3n) is 4.16. The molecular formula is C15H24N4O2. The summed E-state index contributed by atoms with van der Waals surface area (Å²) in [4.78, 5) is 4.52. The molecule has 116 valence electrons. The van der Waals surface area contributed by atoms with Crippen molar-refractivity contribution in [3.05, 3.63) is 23.8 Å². The lowest BCUT2D eigenvalue weighted by atomic mass is 10.1. The SMILES string of the molecule is COc1ccc(/C(N)=N/O)c(N(C)CC2CCCN2C)c1. The Labute approximate surface area is 125 Å². The van der Waals surface area contributed by atoms with Crippen LogP contribution in [0, 0.1) is 0 Å². The summed E-state index contributed by atoms with van der Waals surface area (Å²) in [5, 5.41) is 12.1. The quantitative estimate of drug-likeness (QED) is 0.370. The highest BCUT2D eigenvalue weighted by Gasteiger charge is 2.23. The van der Waals surface area contributed by atoms with Crippen molar-refractivity contribution in [2.24, 2.45) is 10.9 Å². The fourth-order valence-electron chi connectivity index (χ4n) is 2.85. The molecule has 0 aromatic heterocycles. The second kappa shape index (κ2) is 6.67. The predicted molar refractivity (Wildman–Crippen MR) is 84.4 cm³/mol. The van der Waals surface area contributed by atoms with Crippen LogP contribution in [0.3, 0.4) is 0 Å². The molecule has 1 aliphatic heterocycles. The van der Waals surface area contributed by atoms with Crippen LogP contribution in [0.1, 0.15) is 18.4 Å². The molecule has 3 N–H and O–H groups in total. The topological polar surface area (TPSA) is 74.3 Å². The summed E-state index contributed by atoms with van der Waals surface area (Å²) < 4.78 is 5.28. The molecule has 21 heavy (non-hydrogen) atoms. The Morgan fingerprint density at radius 2 is 2.33 bits per heavy atom. The highest BCUT2D eigenvalue weighted by Crippen LogP contribution is 2.27. The number of nitrogens with two attached hydrogens (primary N) is 1. The van der Waals surface area contributed by atoms with Crippen molar-refractivity contribution in [2.75, 3.05) is 39.2 Å². The van der Waals surface area contributed by atoms with Crippen LogP contribution < -0.4 is 15.4 Å². The number of oxime groups is 1. The van der Waals surface area contributed by atoms with Crippen LogP contribution in [0.5, 0.6) is 5.75 Å². The molecule has 1 saturated heterocycles. The molecule has 1 fully saturated rings. The standard InChI is InChI=1S/C15H24N4O2/c1-18-8-4-5-11(18)10-19(2)14-9-12(21-3)6-7-13(14)15(16)17-20/h6-7,9,11,20H,4-5,8,10H2,1-3H3,(H2,16,17). The molecule has 6 nitrogen and oxygen atoms in total. The number of benzene rings is 1. The van der Waals surface area contributed by atoms with Gasteiger partial charge in [0.2, 0.25) is 0 Å². The Bertz CT molecular complexity index is 518. The van der Waals surface area contributed by atoms with E-state index in [1.54, 1.807) is 7.11 Å². The Morgan fingerprint density at radius 3 is 2.90 bits per heavy atom. The molecule has 2 rings (SSSR count). The molecule has 0 bridgehead atoms. The number of amidine groups is 1. The first-order chi connectivity index (χ1) is 10.1. The Morgan fingerprint density at radius 1 is 1.57 bits per heavy atom. The highest BCUT2D eigenvalue weighted by atomic mass is 16.5. The molecule has 0 amide bonds. The first-order valence-corrected chi connectivity index (χ1v) is 7.14. The van der Waals surface area contributed by atoms with Gasteiger partial charge in [-0.15, -0.1) is 0 Å². The van der Waals surface area contributed by atoms with Crippen molar-refractivity contribution in [3.63, 3.8) is 0 Å². The van der Waals surface area contributed by atoms with E-state index in [4.69, 9.17) is 15.7 Å². The van der Waals surface area contributed by atoms with Gasteiger partial charge >= 0.3 is 0 Å². The molecule has 0 saturated carbocycles. The number of anilines is 1. The smallest absolute Gasteiger partial charge is 0.172 e. The lowest BCUT2D eigenvalue weighted by Gasteiger charge is -2.28. The number of likely N-dealkylation sites (tertiary alicyclic amines) is 1. The third-order valence-corrected chi connectivity index (χ3v) is 4.16. The van der Waals surface area contributed by atoms with Crippen LogP contribution in [-0.2, 0) is 0 Å². The Balaban J connectivity index is 2.26. The van der Waals surface area contributed by atoms with Crippen LogP contribution in [0.15, 0.2) is 23.4 Å². The molecule has 1 heterocycles. The van der Waals surface area contributed by atoms with Gasteiger partial charge in [-0.2, -0.15) is 0 Å². The minimum Gasteiger partial charge on any atom is -0.497 e. The number of rotatable bonds is 5. The zero-order valence-corrected chi connectivity index (χ0v) is 12.9. The molecule has 0 spiro atoms. The van der Waals surface area contributed by atoms with Crippen molar-refractivity contribution in [2.45, 2.75) is 18.9 Å². The van der Waals surface area contributed by atoms with Crippen LogP contribution in [-0.4, -0.2) is 56.3 Å². The minimum atomic E-state index is 0.110. The van der Waals surface area contributed by atoms with Crippen LogP contribution >= 0.6 is 0 Å². The van der Waals surface area contributed by atoms with Gasteiger partial charge in [-0.1, -0.05) is 5.16 Å². The number of hydrogen-bond donors (Lipinski definition) is 2. The van der Waals surface area contributed by atoms with Crippen LogP contribution in [0.25, 0.3) is 0 Å². The maximum Gasteiger partial charge on any atom is 0.172 e. The molecule has 1 aromatic rings. The molecule has 6 heteroatoms. The van der Waals surface area contributed by atoms with Crippen molar-refractivity contribution in [1.82, 2.24) is 4.90 Å². The normalized spacial score (nSPS) is 19.8. The number of methoxy groups -OCH3 is 1. The van der Waals surface area contributed by atoms with Gasteiger partial charge in [0.1, 0.15) is 5.75 Å². The number of likely N-dealkylation sites (N-methyl/N-ethyl adjacent to an activating group) is 2. The van der Waals surface area contributed by atoms with Gasteiger partial charge in [0.25, 0.3) is 0 Å². The summed E-state index contributed by atoms with van der Waals surface area (Å²) in [6, 6.07) is 6.08. The van der Waals surface area contributed by atoms with Crippen LogP contribution in [0.4, 0.5) is 5.69 Å². The lowest BCUT2D eigenvalue weighted by Crippen LogP contribution is -2.37. The van der Waals surface area contributed by atoms with Crippen LogP contribution in [0.2, 0.25) is 0 Å². The first-order valence-electron chi connectivity index (χ1n) is 7.14. The van der Waals surface area contributed by atoms with E-state index in [0.717, 1.165) is 24.5 Å². The van der Waals surface area contributed by atoms with Gasteiger partial charge in [0.05, 0.1) is 12.8 Å². The second-order valence-electron chi connectivity index (χ2n) is 5.53. The zero-order valence-electron chi connectivity index (χ0n) is 12.9. The fourth-order valence-corrected chi connectivity index (χ4v) is 2.85. The van der Waals surface area contributed by atoms with E-state index in [1.165, 1.54) is 12.8 Å². The first kappa shape index (κ1) is 15.4. The lowest BCUT2D eigenvalue weighted by molar-refractivity contribution is 0.314. The van der Waals surface area contributed by atoms with E-state index in [1.807, 2.05) is 25.2 Å². The zero-order chi connectivity index (χ0) is 15.4. The predicted octanol–water partition coefficient (Wildman–Crippen LogP) is 1.32. The van der Waals surface area contributed by atoms with E-state index < -0.39 is 0 Å². The van der Waals surface area contributed by atoms with Crippen molar-refractivity contribution >= 4 is 11.5 Å². The van der Waals surface area contributed by atoms with Crippen molar-refractivity contribution < 1.29 is 9.94 Å². The van der Waals surface area contributed by atoms with Crippen molar-refractivity contribution in [1.29, 1.82) is 0 Å². The van der Waals surface area contributed by atoms with E-state index >= 15 is 0 Å². The third kappa shape index (κ3) is 3.39. The van der Waals surface area contributed by atoms with Gasteiger partial charge in [-0.05, 0) is 38.6 Å². The molecular weight excluding hydrogens is 268 g/mol. The molecule has 1 atom stereocenters. The molecule has 0 aliphatic carbocycles. The summed E-state index contributed by atoms with van der Waals surface area (Å²) in [6.07, 6.45) is 2.43. The fraction of sp³-hybridized carbons (Fsp3) is 0.533. The molecule has 0 radical (unpaired) electrons. The molecule has 1 aliphatic rings. The number of nitrogens with zero attached hydrogens (tertiary/aromatic N) is 3. The highest BCUT2D eigenvalue weighted by molar-refractivity contribution is 6.02.